The molecule has 1 aliphatic carbocycles. The van der Waals surface area contributed by atoms with E-state index < -0.39 is 21.4 Å². The van der Waals surface area contributed by atoms with Crippen molar-refractivity contribution >= 4 is 0 Å². The van der Waals surface area contributed by atoms with Gasteiger partial charge >= 0.3 is 0 Å². The third kappa shape index (κ3) is 2.32. The van der Waals surface area contributed by atoms with E-state index in [9.17, 15) is 20.2 Å². The molecule has 0 bridgehead atoms. The minimum atomic E-state index is -1.66. The summed E-state index contributed by atoms with van der Waals surface area (Å²) in [7, 11) is 1.39. The van der Waals surface area contributed by atoms with Crippen LogP contribution in [0.2, 0.25) is 0 Å². The highest BCUT2D eigenvalue weighted by atomic mass is 16.6. The van der Waals surface area contributed by atoms with Gasteiger partial charge in [-0.2, -0.15) is 0 Å². The third-order valence-corrected chi connectivity index (χ3v) is 2.64. The van der Waals surface area contributed by atoms with Crippen molar-refractivity contribution in [3.05, 3.63) is 43.7 Å². The molecule has 0 amide bonds. The molecule has 8 heteroatoms. The third-order valence-electron chi connectivity index (χ3n) is 2.64. The highest BCUT2D eigenvalue weighted by Crippen LogP contribution is 2.30. The second kappa shape index (κ2) is 4.60. The summed E-state index contributed by atoms with van der Waals surface area (Å²) in [5.74, 6) is 0. The summed E-state index contributed by atoms with van der Waals surface area (Å²) in [6.45, 7) is 1.29. The van der Waals surface area contributed by atoms with Crippen LogP contribution in [0.25, 0.3) is 0 Å². The number of ether oxygens (including phenoxy) is 1. The lowest BCUT2D eigenvalue weighted by molar-refractivity contribution is -0.532. The summed E-state index contributed by atoms with van der Waals surface area (Å²) in [6, 6.07) is -1.35. The van der Waals surface area contributed by atoms with Gasteiger partial charge in [0.2, 0.25) is 0 Å². The first kappa shape index (κ1) is 13.3. The zero-order chi connectivity index (χ0) is 13.2. The molecule has 8 nitrogen and oxygen atoms in total. The van der Waals surface area contributed by atoms with Crippen molar-refractivity contribution in [3.63, 3.8) is 0 Å². The monoisotopic (exact) mass is 243 g/mol. The van der Waals surface area contributed by atoms with Crippen molar-refractivity contribution in [1.29, 1.82) is 0 Å². The summed E-state index contributed by atoms with van der Waals surface area (Å²) in [5.41, 5.74) is 4.02. The largest absolute Gasteiger partial charge is 0.380 e. The van der Waals surface area contributed by atoms with E-state index >= 15 is 0 Å². The molecule has 0 fully saturated rings. The molecule has 2 unspecified atom stereocenters. The van der Waals surface area contributed by atoms with Gasteiger partial charge in [-0.1, -0.05) is 0 Å². The minimum Gasteiger partial charge on any atom is -0.380 e. The number of methoxy groups -OCH3 is 1. The minimum absolute atomic E-state index is 0.0138. The summed E-state index contributed by atoms with van der Waals surface area (Å²) in [4.78, 5) is 20.5. The average Bonchev–Trinajstić information content (AvgIpc) is 2.15. The summed E-state index contributed by atoms with van der Waals surface area (Å²) in [6.07, 6.45) is 2.51. The molecular weight excluding hydrogens is 230 g/mol. The number of nitro groups is 2. The standard InChI is InChI=1S/C9H13N3O5/c1-9(10)7(11(13)14)4-3-6(5-17-2)8(9)12(15)16/h3-4,8H,5,10H2,1-2H3. The molecule has 0 heterocycles. The Morgan fingerprint density at radius 2 is 2.06 bits per heavy atom. The van der Waals surface area contributed by atoms with Crippen LogP contribution in [0.3, 0.4) is 0 Å². The molecule has 0 saturated carbocycles. The molecule has 0 radical (unpaired) electrons. The Kier molecular flexibility index (Phi) is 3.59. The Morgan fingerprint density at radius 1 is 1.47 bits per heavy atom. The molecule has 2 atom stereocenters. The molecule has 2 N–H and O–H groups in total. The Morgan fingerprint density at radius 3 is 2.47 bits per heavy atom. The summed E-state index contributed by atoms with van der Waals surface area (Å²) >= 11 is 0. The van der Waals surface area contributed by atoms with E-state index in [1.165, 1.54) is 26.2 Å². The van der Waals surface area contributed by atoms with E-state index in [1.54, 1.807) is 0 Å². The first-order valence-electron chi connectivity index (χ1n) is 4.79. The predicted octanol–water partition coefficient (Wildman–Crippen LogP) is 0.0961. The topological polar surface area (TPSA) is 122 Å². The van der Waals surface area contributed by atoms with Crippen molar-refractivity contribution in [2.75, 3.05) is 13.7 Å². The van der Waals surface area contributed by atoms with E-state index in [0.717, 1.165) is 0 Å². The lowest BCUT2D eigenvalue weighted by Crippen LogP contribution is -2.57. The van der Waals surface area contributed by atoms with Crippen molar-refractivity contribution < 1.29 is 14.6 Å². The summed E-state index contributed by atoms with van der Waals surface area (Å²) < 4.78 is 4.82. The van der Waals surface area contributed by atoms with Crippen LogP contribution >= 0.6 is 0 Å². The zero-order valence-corrected chi connectivity index (χ0v) is 9.45. The number of hydrogen-bond acceptors (Lipinski definition) is 6. The Bertz CT molecular complexity index is 413. The number of hydrogen-bond donors (Lipinski definition) is 1. The van der Waals surface area contributed by atoms with Crippen LogP contribution in [0, 0.1) is 20.2 Å². The van der Waals surface area contributed by atoms with E-state index in [2.05, 4.69) is 0 Å². The molecule has 0 aromatic carbocycles. The van der Waals surface area contributed by atoms with Gasteiger partial charge in [-0.05, 0) is 13.0 Å². The van der Waals surface area contributed by atoms with Crippen LogP contribution in [0.4, 0.5) is 0 Å². The lowest BCUT2D eigenvalue weighted by atomic mass is 9.81. The maximum absolute atomic E-state index is 11.0. The van der Waals surface area contributed by atoms with Crippen LogP contribution in [-0.4, -0.2) is 35.1 Å². The van der Waals surface area contributed by atoms with Crippen LogP contribution in [0.5, 0.6) is 0 Å². The van der Waals surface area contributed by atoms with Crippen molar-refractivity contribution in [2.45, 2.75) is 18.5 Å². The quantitative estimate of drug-likeness (QED) is 0.551. The lowest BCUT2D eigenvalue weighted by Gasteiger charge is -2.28. The van der Waals surface area contributed by atoms with Gasteiger partial charge in [-0.15, -0.1) is 0 Å². The fraction of sp³-hybridized carbons (Fsp3) is 0.556. The van der Waals surface area contributed by atoms with Crippen LogP contribution in [0.1, 0.15) is 6.92 Å². The molecule has 0 spiro atoms. The SMILES string of the molecule is COCC1=CC=C([N+](=O)[O-])C(C)(N)C1[N+](=O)[O-]. The fourth-order valence-corrected chi connectivity index (χ4v) is 1.89. The molecule has 0 aliphatic heterocycles. The number of nitrogens with two attached hydrogens (primary N) is 1. The Labute approximate surface area is 97.0 Å². The molecule has 0 aromatic rings. The van der Waals surface area contributed by atoms with E-state index in [0.29, 0.717) is 5.57 Å². The zero-order valence-electron chi connectivity index (χ0n) is 9.45. The van der Waals surface area contributed by atoms with Gasteiger partial charge in [-0.25, -0.2) is 0 Å². The van der Waals surface area contributed by atoms with Gasteiger partial charge in [0, 0.05) is 23.7 Å². The van der Waals surface area contributed by atoms with Gasteiger partial charge in [0.15, 0.2) is 5.54 Å². The summed E-state index contributed by atoms with van der Waals surface area (Å²) in [5, 5.41) is 21.8. The number of nitrogens with zero attached hydrogens (tertiary/aromatic N) is 2. The van der Waals surface area contributed by atoms with E-state index in [1.807, 2.05) is 0 Å². The Balaban J connectivity index is 3.26. The van der Waals surface area contributed by atoms with Crippen molar-refractivity contribution in [1.82, 2.24) is 0 Å². The molecule has 0 aromatic heterocycles. The smallest absolute Gasteiger partial charge is 0.273 e. The highest BCUT2D eigenvalue weighted by molar-refractivity contribution is 5.34. The maximum Gasteiger partial charge on any atom is 0.273 e. The first-order valence-corrected chi connectivity index (χ1v) is 4.79. The molecular formula is C9H13N3O5. The van der Waals surface area contributed by atoms with Crippen molar-refractivity contribution in [2.24, 2.45) is 5.73 Å². The first-order chi connectivity index (χ1) is 7.82. The van der Waals surface area contributed by atoms with Gasteiger partial charge in [0.05, 0.1) is 11.5 Å². The maximum atomic E-state index is 11.0. The second-order valence-corrected chi connectivity index (χ2v) is 3.95. The van der Waals surface area contributed by atoms with Gasteiger partial charge in [0.25, 0.3) is 11.7 Å². The second-order valence-electron chi connectivity index (χ2n) is 3.95. The van der Waals surface area contributed by atoms with Gasteiger partial charge in [0.1, 0.15) is 0 Å². The normalized spacial score (nSPS) is 28.3. The Hall–Kier alpha value is -1.80. The molecule has 1 rings (SSSR count). The van der Waals surface area contributed by atoms with Gasteiger partial charge < -0.3 is 10.5 Å². The van der Waals surface area contributed by atoms with Crippen LogP contribution in [-0.2, 0) is 4.74 Å². The highest BCUT2D eigenvalue weighted by Gasteiger charge is 2.52. The van der Waals surface area contributed by atoms with E-state index in [4.69, 9.17) is 10.5 Å². The molecule has 1 aliphatic rings. The number of rotatable bonds is 4. The van der Waals surface area contributed by atoms with E-state index in [-0.39, 0.29) is 12.3 Å². The molecule has 94 valence electrons. The van der Waals surface area contributed by atoms with Crippen LogP contribution < -0.4 is 5.73 Å². The predicted molar refractivity (Wildman–Crippen MR) is 58.4 cm³/mol. The molecule has 0 saturated heterocycles. The average molecular weight is 243 g/mol. The van der Waals surface area contributed by atoms with Gasteiger partial charge in [-0.3, -0.25) is 20.2 Å². The fourth-order valence-electron chi connectivity index (χ4n) is 1.89. The van der Waals surface area contributed by atoms with Crippen molar-refractivity contribution in [3.8, 4) is 0 Å². The van der Waals surface area contributed by atoms with Crippen LogP contribution in [0.15, 0.2) is 23.4 Å². The number of allylic oxidation sites excluding steroid dienone is 2. The molecule has 17 heavy (non-hydrogen) atoms.